The Labute approximate surface area is 188 Å². The molecule has 2 saturated carbocycles. The van der Waals surface area contributed by atoms with E-state index < -0.39 is 11.6 Å². The summed E-state index contributed by atoms with van der Waals surface area (Å²) in [5.41, 5.74) is 0.531. The van der Waals surface area contributed by atoms with Gasteiger partial charge in [-0.05, 0) is 80.2 Å². The molecule has 4 heteroatoms. The Kier molecular flexibility index (Phi) is 9.04. The Bertz CT molecular complexity index is 676. The number of benzene rings is 1. The zero-order valence-electron chi connectivity index (χ0n) is 19.9. The number of rotatable bonds is 10. The summed E-state index contributed by atoms with van der Waals surface area (Å²) in [6, 6.07) is 2.97. The lowest BCUT2D eigenvalue weighted by Gasteiger charge is -2.50. The van der Waals surface area contributed by atoms with E-state index in [9.17, 15) is 8.78 Å². The number of hydrogen-bond acceptors (Lipinski definition) is 2. The fourth-order valence-electron chi connectivity index (χ4n) is 6.29. The summed E-state index contributed by atoms with van der Waals surface area (Å²) in [6.45, 7) is 7.58. The van der Waals surface area contributed by atoms with Crippen LogP contribution in [0.2, 0.25) is 0 Å². The van der Waals surface area contributed by atoms with Crippen LogP contribution in [-0.4, -0.2) is 13.2 Å². The second kappa shape index (κ2) is 11.5. The van der Waals surface area contributed by atoms with Crippen molar-refractivity contribution in [3.8, 4) is 11.5 Å². The van der Waals surface area contributed by atoms with Gasteiger partial charge in [0.2, 0.25) is 11.6 Å². The molecule has 0 N–H and O–H groups in total. The average Bonchev–Trinajstić information content (AvgIpc) is 2.80. The number of halogens is 2. The summed E-state index contributed by atoms with van der Waals surface area (Å²) in [5.74, 6) is 0.137. The molecule has 0 bridgehead atoms. The van der Waals surface area contributed by atoms with Crippen molar-refractivity contribution in [3.05, 3.63) is 23.8 Å². The lowest BCUT2D eigenvalue weighted by atomic mass is 9.55. The van der Waals surface area contributed by atoms with Gasteiger partial charge >= 0.3 is 0 Å². The summed E-state index contributed by atoms with van der Waals surface area (Å²) in [4.78, 5) is 0. The highest BCUT2D eigenvalue weighted by Gasteiger charge is 2.44. The van der Waals surface area contributed by atoms with Crippen LogP contribution < -0.4 is 9.47 Å². The quantitative estimate of drug-likeness (QED) is 0.367. The van der Waals surface area contributed by atoms with Crippen molar-refractivity contribution in [2.45, 2.75) is 97.8 Å². The van der Waals surface area contributed by atoms with E-state index >= 15 is 0 Å². The first-order valence-electron chi connectivity index (χ1n) is 12.7. The third-order valence-corrected chi connectivity index (χ3v) is 8.10. The van der Waals surface area contributed by atoms with E-state index in [4.69, 9.17) is 9.47 Å². The summed E-state index contributed by atoms with van der Waals surface area (Å²) >= 11 is 0. The molecule has 0 saturated heterocycles. The van der Waals surface area contributed by atoms with Gasteiger partial charge in [-0.2, -0.15) is 8.78 Å². The van der Waals surface area contributed by atoms with Gasteiger partial charge in [-0.15, -0.1) is 0 Å². The molecule has 0 aromatic heterocycles. The minimum atomic E-state index is -0.946. The first-order valence-corrected chi connectivity index (χ1v) is 12.7. The van der Waals surface area contributed by atoms with Crippen LogP contribution >= 0.6 is 0 Å². The van der Waals surface area contributed by atoms with Gasteiger partial charge in [0.25, 0.3) is 0 Å². The highest BCUT2D eigenvalue weighted by molar-refractivity contribution is 5.35. The van der Waals surface area contributed by atoms with E-state index in [1.54, 1.807) is 0 Å². The SMILES string of the molecule is CCCOc1ccc(OC[C@H]2CC[C@H](C3(C(C)CCC)CCCCC3)CC2)c(F)c1F. The Morgan fingerprint density at radius 1 is 0.903 bits per heavy atom. The number of hydrogen-bond donors (Lipinski definition) is 0. The molecule has 0 aliphatic heterocycles. The van der Waals surface area contributed by atoms with E-state index in [0.717, 1.165) is 31.1 Å². The van der Waals surface area contributed by atoms with Crippen molar-refractivity contribution < 1.29 is 18.3 Å². The lowest BCUT2D eigenvalue weighted by Crippen LogP contribution is -2.41. The first kappa shape index (κ1) is 24.3. The second-order valence-electron chi connectivity index (χ2n) is 10.1. The summed E-state index contributed by atoms with van der Waals surface area (Å²) in [7, 11) is 0. The van der Waals surface area contributed by atoms with Gasteiger partial charge in [0.05, 0.1) is 13.2 Å². The molecular weight excluding hydrogens is 394 g/mol. The van der Waals surface area contributed by atoms with Crippen molar-refractivity contribution in [1.82, 2.24) is 0 Å². The topological polar surface area (TPSA) is 18.5 Å². The van der Waals surface area contributed by atoms with Crippen LogP contribution in [0.3, 0.4) is 0 Å². The van der Waals surface area contributed by atoms with Gasteiger partial charge in [0.15, 0.2) is 11.5 Å². The monoisotopic (exact) mass is 436 g/mol. The predicted molar refractivity (Wildman–Crippen MR) is 123 cm³/mol. The Balaban J connectivity index is 1.55. The molecular formula is C27H42F2O2. The Morgan fingerprint density at radius 3 is 2.10 bits per heavy atom. The van der Waals surface area contributed by atoms with Crippen molar-refractivity contribution in [3.63, 3.8) is 0 Å². The third kappa shape index (κ3) is 5.73. The van der Waals surface area contributed by atoms with Gasteiger partial charge in [-0.3, -0.25) is 0 Å². The minimum Gasteiger partial charge on any atom is -0.490 e. The molecule has 1 aromatic carbocycles. The van der Waals surface area contributed by atoms with E-state index in [-0.39, 0.29) is 11.5 Å². The first-order chi connectivity index (χ1) is 15.0. The van der Waals surface area contributed by atoms with Crippen LogP contribution in [0.4, 0.5) is 8.78 Å². The molecule has 0 spiro atoms. The Hall–Kier alpha value is -1.32. The van der Waals surface area contributed by atoms with Gasteiger partial charge in [-0.25, -0.2) is 0 Å². The molecule has 31 heavy (non-hydrogen) atoms. The van der Waals surface area contributed by atoms with Crippen LogP contribution in [0, 0.1) is 34.8 Å². The van der Waals surface area contributed by atoms with Crippen molar-refractivity contribution in [1.29, 1.82) is 0 Å². The van der Waals surface area contributed by atoms with Crippen LogP contribution in [-0.2, 0) is 0 Å². The summed E-state index contributed by atoms with van der Waals surface area (Å²) in [6.07, 6.45) is 15.1. The van der Waals surface area contributed by atoms with E-state index in [0.29, 0.717) is 24.5 Å². The van der Waals surface area contributed by atoms with Gasteiger partial charge in [-0.1, -0.05) is 52.9 Å². The van der Waals surface area contributed by atoms with E-state index in [2.05, 4.69) is 13.8 Å². The van der Waals surface area contributed by atoms with Gasteiger partial charge < -0.3 is 9.47 Å². The molecule has 0 radical (unpaired) electrons. The molecule has 2 fully saturated rings. The van der Waals surface area contributed by atoms with Crippen LogP contribution in [0.1, 0.15) is 97.8 Å². The largest absolute Gasteiger partial charge is 0.490 e. The molecule has 0 heterocycles. The zero-order chi connectivity index (χ0) is 22.3. The molecule has 2 aliphatic carbocycles. The third-order valence-electron chi connectivity index (χ3n) is 8.10. The molecule has 2 nitrogen and oxygen atoms in total. The maximum absolute atomic E-state index is 14.4. The highest BCUT2D eigenvalue weighted by Crippen LogP contribution is 2.54. The number of ether oxygens (including phenoxy) is 2. The van der Waals surface area contributed by atoms with Gasteiger partial charge in [0, 0.05) is 0 Å². The maximum Gasteiger partial charge on any atom is 0.204 e. The summed E-state index contributed by atoms with van der Waals surface area (Å²) in [5, 5.41) is 0. The lowest BCUT2D eigenvalue weighted by molar-refractivity contribution is -0.00403. The van der Waals surface area contributed by atoms with Gasteiger partial charge in [0.1, 0.15) is 0 Å². The van der Waals surface area contributed by atoms with Crippen LogP contribution in [0.25, 0.3) is 0 Å². The highest BCUT2D eigenvalue weighted by atomic mass is 19.2. The minimum absolute atomic E-state index is 0.00351. The molecule has 176 valence electrons. The molecule has 1 aromatic rings. The molecule has 1 unspecified atom stereocenters. The molecule has 3 rings (SSSR count). The molecule has 1 atom stereocenters. The van der Waals surface area contributed by atoms with Crippen molar-refractivity contribution >= 4 is 0 Å². The Morgan fingerprint density at radius 2 is 1.52 bits per heavy atom. The second-order valence-corrected chi connectivity index (χ2v) is 10.1. The standard InChI is InChI=1S/C27H42F2O2/c1-4-9-20(3)27(16-7-6-8-17-27)22-12-10-21(11-13-22)19-31-24-15-14-23(30-18-5-2)25(28)26(24)29/h14-15,20-22H,4-13,16-19H2,1-3H3/t20?,21-,22-. The fraction of sp³-hybridized carbons (Fsp3) is 0.778. The van der Waals surface area contributed by atoms with Crippen LogP contribution in [0.15, 0.2) is 12.1 Å². The van der Waals surface area contributed by atoms with Crippen molar-refractivity contribution in [2.75, 3.05) is 13.2 Å². The predicted octanol–water partition coefficient (Wildman–Crippen LogP) is 8.33. The summed E-state index contributed by atoms with van der Waals surface area (Å²) < 4.78 is 39.6. The smallest absolute Gasteiger partial charge is 0.204 e. The molecule has 2 aliphatic rings. The van der Waals surface area contributed by atoms with E-state index in [1.165, 1.54) is 69.9 Å². The van der Waals surface area contributed by atoms with E-state index in [1.807, 2.05) is 6.92 Å². The molecule has 0 amide bonds. The average molecular weight is 437 g/mol. The fourth-order valence-corrected chi connectivity index (χ4v) is 6.29. The zero-order valence-corrected chi connectivity index (χ0v) is 19.9. The maximum atomic E-state index is 14.4. The van der Waals surface area contributed by atoms with Crippen molar-refractivity contribution in [2.24, 2.45) is 23.2 Å². The van der Waals surface area contributed by atoms with Crippen LogP contribution in [0.5, 0.6) is 11.5 Å². The normalized spacial score (nSPS) is 24.5.